The van der Waals surface area contributed by atoms with E-state index in [9.17, 15) is 0 Å². The van der Waals surface area contributed by atoms with E-state index in [2.05, 4.69) is 58.4 Å². The van der Waals surface area contributed by atoms with Gasteiger partial charge in [-0.15, -0.1) is 0 Å². The fourth-order valence-electron chi connectivity index (χ4n) is 2.15. The van der Waals surface area contributed by atoms with E-state index >= 15 is 0 Å². The first kappa shape index (κ1) is 20.1. The van der Waals surface area contributed by atoms with Crippen LogP contribution in [0, 0.1) is 3.57 Å². The first-order valence-electron chi connectivity index (χ1n) is 8.43. The van der Waals surface area contributed by atoms with Crippen molar-refractivity contribution < 1.29 is 9.47 Å². The Morgan fingerprint density at radius 3 is 1.91 bits per heavy atom. The summed E-state index contributed by atoms with van der Waals surface area (Å²) in [5, 5.41) is 0. The van der Waals surface area contributed by atoms with E-state index in [1.807, 2.05) is 6.07 Å². The van der Waals surface area contributed by atoms with E-state index in [1.165, 1.54) is 38.5 Å². The average molecular weight is 483 g/mol. The van der Waals surface area contributed by atoms with Gasteiger partial charge in [-0.1, -0.05) is 52.4 Å². The van der Waals surface area contributed by atoms with Crippen LogP contribution in [0.25, 0.3) is 0 Å². The van der Waals surface area contributed by atoms with Gasteiger partial charge in [0, 0.05) is 0 Å². The number of hydrogen-bond donors (Lipinski definition) is 0. The molecule has 0 atom stereocenters. The molecule has 0 fully saturated rings. The molecule has 0 aliphatic carbocycles. The third kappa shape index (κ3) is 8.04. The highest BCUT2D eigenvalue weighted by molar-refractivity contribution is 14.1. The van der Waals surface area contributed by atoms with Crippen LogP contribution in [0.1, 0.15) is 65.2 Å². The second-order valence-corrected chi connectivity index (χ2v) is 7.55. The van der Waals surface area contributed by atoms with E-state index in [0.29, 0.717) is 0 Å². The summed E-state index contributed by atoms with van der Waals surface area (Å²) >= 11 is 5.91. The predicted molar refractivity (Wildman–Crippen MR) is 106 cm³/mol. The first-order valence-corrected chi connectivity index (χ1v) is 10.3. The maximum absolute atomic E-state index is 5.88. The van der Waals surface area contributed by atoms with E-state index in [1.54, 1.807) is 0 Å². The minimum atomic E-state index is 0.784. The largest absolute Gasteiger partial charge is 0.492 e. The molecule has 0 unspecified atom stereocenters. The number of rotatable bonds is 12. The lowest BCUT2D eigenvalue weighted by molar-refractivity contribution is 0.293. The molecule has 0 aliphatic heterocycles. The SMILES string of the molecule is CCCCCCOc1cc(I)c(OCCCCCC)cc1Br. The van der Waals surface area contributed by atoms with Crippen molar-refractivity contribution in [1.29, 1.82) is 0 Å². The second kappa shape index (κ2) is 12.5. The lowest BCUT2D eigenvalue weighted by atomic mass is 10.2. The van der Waals surface area contributed by atoms with Crippen molar-refractivity contribution in [3.8, 4) is 11.5 Å². The molecular formula is C18H28BrIO2. The zero-order valence-corrected chi connectivity index (χ0v) is 17.5. The molecule has 0 heterocycles. The summed E-state index contributed by atoms with van der Waals surface area (Å²) in [5.74, 6) is 1.86. The summed E-state index contributed by atoms with van der Waals surface area (Å²) in [6.45, 7) is 6.02. The Bertz CT molecular complexity index is 384. The van der Waals surface area contributed by atoms with Crippen molar-refractivity contribution in [2.45, 2.75) is 65.2 Å². The molecular weight excluding hydrogens is 455 g/mol. The minimum Gasteiger partial charge on any atom is -0.492 e. The van der Waals surface area contributed by atoms with Gasteiger partial charge in [0.2, 0.25) is 0 Å². The summed E-state index contributed by atoms with van der Waals surface area (Å²) in [5.41, 5.74) is 0. The van der Waals surface area contributed by atoms with Crippen molar-refractivity contribution in [3.63, 3.8) is 0 Å². The smallest absolute Gasteiger partial charge is 0.134 e. The fourth-order valence-corrected chi connectivity index (χ4v) is 3.18. The second-order valence-electron chi connectivity index (χ2n) is 5.53. The van der Waals surface area contributed by atoms with E-state index in [-0.39, 0.29) is 0 Å². The molecule has 126 valence electrons. The van der Waals surface area contributed by atoms with E-state index < -0.39 is 0 Å². The lowest BCUT2D eigenvalue weighted by Crippen LogP contribution is -2.01. The number of hydrogen-bond acceptors (Lipinski definition) is 2. The Kier molecular flexibility index (Phi) is 11.4. The van der Waals surface area contributed by atoms with Gasteiger partial charge < -0.3 is 9.47 Å². The van der Waals surface area contributed by atoms with Crippen LogP contribution in [0.15, 0.2) is 16.6 Å². The van der Waals surface area contributed by atoms with Crippen LogP contribution >= 0.6 is 38.5 Å². The third-order valence-corrected chi connectivity index (χ3v) is 4.96. The Labute approximate surface area is 157 Å². The van der Waals surface area contributed by atoms with Crippen LogP contribution in [0.2, 0.25) is 0 Å². The van der Waals surface area contributed by atoms with Gasteiger partial charge in [0.25, 0.3) is 0 Å². The lowest BCUT2D eigenvalue weighted by Gasteiger charge is -2.13. The van der Waals surface area contributed by atoms with Crippen molar-refractivity contribution in [2.75, 3.05) is 13.2 Å². The van der Waals surface area contributed by atoms with Gasteiger partial charge in [0.15, 0.2) is 0 Å². The number of ether oxygens (including phenoxy) is 2. The van der Waals surface area contributed by atoms with Crippen molar-refractivity contribution in [3.05, 3.63) is 20.2 Å². The highest BCUT2D eigenvalue weighted by Crippen LogP contribution is 2.34. The zero-order chi connectivity index (χ0) is 16.2. The maximum Gasteiger partial charge on any atom is 0.134 e. The van der Waals surface area contributed by atoms with Gasteiger partial charge in [-0.3, -0.25) is 0 Å². The molecule has 0 spiro atoms. The monoisotopic (exact) mass is 482 g/mol. The molecule has 1 rings (SSSR count). The predicted octanol–water partition coefficient (Wildman–Crippen LogP) is 6.97. The fraction of sp³-hybridized carbons (Fsp3) is 0.667. The van der Waals surface area contributed by atoms with Crippen LogP contribution in [0.3, 0.4) is 0 Å². The summed E-state index contributed by atoms with van der Waals surface area (Å²) in [6.07, 6.45) is 9.81. The summed E-state index contributed by atoms with van der Waals surface area (Å²) in [7, 11) is 0. The number of benzene rings is 1. The van der Waals surface area contributed by atoms with Crippen LogP contribution in [-0.4, -0.2) is 13.2 Å². The minimum absolute atomic E-state index is 0.784. The van der Waals surface area contributed by atoms with Crippen molar-refractivity contribution in [1.82, 2.24) is 0 Å². The Balaban J connectivity index is 2.42. The standard InChI is InChI=1S/C18H28BrIO2/c1-3-5-7-9-11-21-17-14-16(20)18(13-15(17)19)22-12-10-8-6-4-2/h13-14H,3-12H2,1-2H3. The van der Waals surface area contributed by atoms with Gasteiger partial charge in [-0.2, -0.15) is 0 Å². The average Bonchev–Trinajstić information content (AvgIpc) is 2.51. The molecule has 0 bridgehead atoms. The zero-order valence-electron chi connectivity index (χ0n) is 13.8. The molecule has 4 heteroatoms. The molecule has 0 saturated heterocycles. The molecule has 22 heavy (non-hydrogen) atoms. The molecule has 2 nitrogen and oxygen atoms in total. The Hall–Kier alpha value is 0.0300. The van der Waals surface area contributed by atoms with E-state index in [4.69, 9.17) is 9.47 Å². The highest BCUT2D eigenvalue weighted by atomic mass is 127. The van der Waals surface area contributed by atoms with Gasteiger partial charge in [-0.05, 0) is 63.5 Å². The molecule has 0 N–H and O–H groups in total. The van der Waals surface area contributed by atoms with Crippen molar-refractivity contribution >= 4 is 38.5 Å². The Morgan fingerprint density at radius 2 is 1.36 bits per heavy atom. The summed E-state index contributed by atoms with van der Waals surface area (Å²) in [6, 6.07) is 4.09. The van der Waals surface area contributed by atoms with Gasteiger partial charge in [-0.25, -0.2) is 0 Å². The number of halogens is 2. The van der Waals surface area contributed by atoms with Crippen LogP contribution in [-0.2, 0) is 0 Å². The Morgan fingerprint density at radius 1 is 0.818 bits per heavy atom. The van der Waals surface area contributed by atoms with Gasteiger partial charge in [0.05, 0.1) is 21.3 Å². The summed E-state index contributed by atoms with van der Waals surface area (Å²) in [4.78, 5) is 0. The first-order chi connectivity index (χ1) is 10.7. The van der Waals surface area contributed by atoms with Gasteiger partial charge in [0.1, 0.15) is 11.5 Å². The number of unbranched alkanes of at least 4 members (excludes halogenated alkanes) is 6. The van der Waals surface area contributed by atoms with Crippen molar-refractivity contribution in [2.24, 2.45) is 0 Å². The molecule has 0 saturated carbocycles. The molecule has 0 amide bonds. The molecule has 1 aromatic rings. The normalized spacial score (nSPS) is 10.7. The summed E-state index contributed by atoms with van der Waals surface area (Å²) < 4.78 is 13.8. The molecule has 1 aromatic carbocycles. The highest BCUT2D eigenvalue weighted by Gasteiger charge is 2.09. The third-order valence-electron chi connectivity index (χ3n) is 3.50. The van der Waals surface area contributed by atoms with E-state index in [0.717, 1.165) is 45.6 Å². The topological polar surface area (TPSA) is 18.5 Å². The molecule has 0 aliphatic rings. The molecule has 0 aromatic heterocycles. The van der Waals surface area contributed by atoms with Crippen LogP contribution < -0.4 is 9.47 Å². The van der Waals surface area contributed by atoms with Crippen LogP contribution in [0.5, 0.6) is 11.5 Å². The molecule has 0 radical (unpaired) electrons. The van der Waals surface area contributed by atoms with Crippen LogP contribution in [0.4, 0.5) is 0 Å². The quantitative estimate of drug-likeness (QED) is 0.236. The van der Waals surface area contributed by atoms with Gasteiger partial charge >= 0.3 is 0 Å². The maximum atomic E-state index is 5.88.